The van der Waals surface area contributed by atoms with Crippen LogP contribution in [0, 0.1) is 0 Å². The molecule has 1 aromatic carbocycles. The summed E-state index contributed by atoms with van der Waals surface area (Å²) in [7, 11) is 1.66. The maximum Gasteiger partial charge on any atom is 0.291 e. The highest BCUT2D eigenvalue weighted by molar-refractivity contribution is 6.07. The molecular weight excluding hydrogens is 316 g/mol. The number of hydrogen-bond donors (Lipinski definition) is 1. The number of nitrogens with zero attached hydrogens (tertiary/aromatic N) is 3. The third-order valence-corrected chi connectivity index (χ3v) is 4.67. The first-order valence-electron chi connectivity index (χ1n) is 8.75. The summed E-state index contributed by atoms with van der Waals surface area (Å²) in [6.45, 7) is 4.67. The van der Waals surface area contributed by atoms with Crippen molar-refractivity contribution in [2.45, 2.75) is 45.7 Å². The fourth-order valence-electron chi connectivity index (χ4n) is 3.12. The van der Waals surface area contributed by atoms with Gasteiger partial charge < -0.3 is 9.88 Å². The quantitative estimate of drug-likeness (QED) is 0.750. The fourth-order valence-corrected chi connectivity index (χ4v) is 3.12. The van der Waals surface area contributed by atoms with Crippen molar-refractivity contribution in [3.05, 3.63) is 40.8 Å². The first-order valence-corrected chi connectivity index (χ1v) is 8.75. The van der Waals surface area contributed by atoms with Crippen LogP contribution in [0.5, 0.6) is 0 Å². The summed E-state index contributed by atoms with van der Waals surface area (Å²) in [5.41, 5.74) is 1.55. The van der Waals surface area contributed by atoms with E-state index in [1.807, 2.05) is 42.7 Å². The largest absolute Gasteiger partial charge is 0.354 e. The number of rotatable bonds is 6. The highest BCUT2D eigenvalue weighted by atomic mass is 16.1. The van der Waals surface area contributed by atoms with E-state index in [2.05, 4.69) is 10.4 Å². The predicted molar refractivity (Wildman–Crippen MR) is 99.6 cm³/mol. The first-order chi connectivity index (χ1) is 12.0. The molecule has 0 bridgehead atoms. The van der Waals surface area contributed by atoms with Gasteiger partial charge in [-0.25, -0.2) is 4.68 Å². The molecule has 0 radical (unpaired) electrons. The molecule has 3 aromatic rings. The van der Waals surface area contributed by atoms with E-state index in [4.69, 9.17) is 0 Å². The van der Waals surface area contributed by atoms with Crippen LogP contribution in [0.3, 0.4) is 0 Å². The third-order valence-electron chi connectivity index (χ3n) is 4.67. The molecule has 0 fully saturated rings. The molecule has 25 heavy (non-hydrogen) atoms. The van der Waals surface area contributed by atoms with Crippen LogP contribution in [0.15, 0.2) is 35.3 Å². The monoisotopic (exact) mass is 340 g/mol. The molecule has 0 saturated carbocycles. The molecular formula is C19H24N4O2. The molecule has 1 amide bonds. The maximum atomic E-state index is 12.6. The topological polar surface area (TPSA) is 68.9 Å². The van der Waals surface area contributed by atoms with E-state index in [1.165, 1.54) is 4.68 Å². The molecule has 0 aliphatic carbocycles. The molecule has 0 aliphatic rings. The van der Waals surface area contributed by atoms with Crippen molar-refractivity contribution < 1.29 is 4.79 Å². The average molecular weight is 340 g/mol. The van der Waals surface area contributed by atoms with Crippen molar-refractivity contribution in [3.63, 3.8) is 0 Å². The number of fused-ring (bicyclic) bond motifs is 3. The van der Waals surface area contributed by atoms with Gasteiger partial charge in [-0.15, -0.1) is 0 Å². The highest BCUT2D eigenvalue weighted by Crippen LogP contribution is 2.26. The minimum absolute atomic E-state index is 0.0599. The molecule has 6 heteroatoms. The Morgan fingerprint density at radius 1 is 1.28 bits per heavy atom. The second kappa shape index (κ2) is 7.09. The van der Waals surface area contributed by atoms with E-state index < -0.39 is 0 Å². The average Bonchev–Trinajstić information content (AvgIpc) is 2.93. The lowest BCUT2D eigenvalue weighted by Crippen LogP contribution is -2.31. The van der Waals surface area contributed by atoms with E-state index in [0.717, 1.165) is 22.7 Å². The molecule has 6 nitrogen and oxygen atoms in total. The SMILES string of the molecule is CC[C@@H](C)NC(=O)CCCn1c2ccccc2c2cnn(C)c(=O)c21. The zero-order valence-electron chi connectivity index (χ0n) is 15.0. The van der Waals surface area contributed by atoms with E-state index in [9.17, 15) is 9.59 Å². The molecule has 2 aromatic heterocycles. The van der Waals surface area contributed by atoms with Gasteiger partial charge in [0.1, 0.15) is 5.52 Å². The van der Waals surface area contributed by atoms with E-state index in [0.29, 0.717) is 24.9 Å². The van der Waals surface area contributed by atoms with Crippen molar-refractivity contribution in [1.82, 2.24) is 19.7 Å². The molecule has 0 aliphatic heterocycles. The van der Waals surface area contributed by atoms with Gasteiger partial charge in [0, 0.05) is 42.3 Å². The predicted octanol–water partition coefficient (Wildman–Crippen LogP) is 2.58. The summed E-state index contributed by atoms with van der Waals surface area (Å²) in [6.07, 6.45) is 3.79. The maximum absolute atomic E-state index is 12.6. The van der Waals surface area contributed by atoms with Crippen LogP contribution in [0.1, 0.15) is 33.1 Å². The van der Waals surface area contributed by atoms with Gasteiger partial charge in [0.05, 0.1) is 6.20 Å². The zero-order valence-corrected chi connectivity index (χ0v) is 15.0. The van der Waals surface area contributed by atoms with Gasteiger partial charge in [-0.2, -0.15) is 5.10 Å². The molecule has 0 unspecified atom stereocenters. The number of carbonyl (C=O) groups excluding carboxylic acids is 1. The minimum atomic E-state index is -0.113. The Labute approximate surface area is 146 Å². The zero-order chi connectivity index (χ0) is 18.0. The first kappa shape index (κ1) is 17.2. The van der Waals surface area contributed by atoms with Gasteiger partial charge >= 0.3 is 0 Å². The van der Waals surface area contributed by atoms with Gasteiger partial charge in [0.2, 0.25) is 5.91 Å². The Bertz CT molecular complexity index is 971. The summed E-state index contributed by atoms with van der Waals surface area (Å²) < 4.78 is 3.37. The summed E-state index contributed by atoms with van der Waals surface area (Å²) in [6, 6.07) is 8.13. The smallest absolute Gasteiger partial charge is 0.291 e. The van der Waals surface area contributed by atoms with Gasteiger partial charge in [-0.1, -0.05) is 25.1 Å². The van der Waals surface area contributed by atoms with E-state index in [1.54, 1.807) is 13.2 Å². The second-order valence-electron chi connectivity index (χ2n) is 6.48. The van der Waals surface area contributed by atoms with Gasteiger partial charge in [-0.05, 0) is 25.8 Å². The van der Waals surface area contributed by atoms with Crippen molar-refractivity contribution >= 4 is 27.7 Å². The molecule has 1 N–H and O–H groups in total. The van der Waals surface area contributed by atoms with Crippen LogP contribution in [-0.4, -0.2) is 26.3 Å². The van der Waals surface area contributed by atoms with Crippen molar-refractivity contribution in [3.8, 4) is 0 Å². The van der Waals surface area contributed by atoms with Crippen molar-refractivity contribution in [2.24, 2.45) is 7.05 Å². The molecule has 2 heterocycles. The number of aryl methyl sites for hydroxylation is 2. The van der Waals surface area contributed by atoms with Crippen LogP contribution in [-0.2, 0) is 18.4 Å². The van der Waals surface area contributed by atoms with Gasteiger partial charge in [0.25, 0.3) is 5.56 Å². The summed E-state index contributed by atoms with van der Waals surface area (Å²) in [4.78, 5) is 24.6. The number of hydrogen-bond acceptors (Lipinski definition) is 3. The van der Waals surface area contributed by atoms with Crippen LogP contribution < -0.4 is 10.9 Å². The van der Waals surface area contributed by atoms with Gasteiger partial charge in [0.15, 0.2) is 0 Å². The number of benzene rings is 1. The summed E-state index contributed by atoms with van der Waals surface area (Å²) in [5, 5.41) is 9.01. The van der Waals surface area contributed by atoms with Gasteiger partial charge in [-0.3, -0.25) is 9.59 Å². The van der Waals surface area contributed by atoms with Crippen LogP contribution in [0.25, 0.3) is 21.8 Å². The number of para-hydroxylation sites is 1. The molecule has 3 rings (SSSR count). The Morgan fingerprint density at radius 3 is 2.80 bits per heavy atom. The van der Waals surface area contributed by atoms with Crippen molar-refractivity contribution in [2.75, 3.05) is 0 Å². The fraction of sp³-hybridized carbons (Fsp3) is 0.421. The number of aromatic nitrogens is 3. The Hall–Kier alpha value is -2.63. The highest BCUT2D eigenvalue weighted by Gasteiger charge is 2.15. The minimum Gasteiger partial charge on any atom is -0.354 e. The van der Waals surface area contributed by atoms with Crippen LogP contribution in [0.2, 0.25) is 0 Å². The normalized spacial score (nSPS) is 12.6. The standard InChI is InChI=1S/C19H24N4O2/c1-4-13(2)21-17(24)10-7-11-23-16-9-6-5-8-14(16)15-12-20-22(3)19(25)18(15)23/h5-6,8-9,12-13H,4,7,10-11H2,1-3H3,(H,21,24)/t13-/m1/s1. The molecule has 132 valence electrons. The second-order valence-corrected chi connectivity index (χ2v) is 6.48. The number of amides is 1. The third kappa shape index (κ3) is 3.29. The summed E-state index contributed by atoms with van der Waals surface area (Å²) in [5.74, 6) is 0.0599. The molecule has 0 spiro atoms. The van der Waals surface area contributed by atoms with Crippen LogP contribution in [0.4, 0.5) is 0 Å². The van der Waals surface area contributed by atoms with E-state index in [-0.39, 0.29) is 17.5 Å². The summed E-state index contributed by atoms with van der Waals surface area (Å²) >= 11 is 0. The van der Waals surface area contributed by atoms with Crippen molar-refractivity contribution in [1.29, 1.82) is 0 Å². The Balaban J connectivity index is 1.91. The lowest BCUT2D eigenvalue weighted by Gasteiger charge is -2.12. The van der Waals surface area contributed by atoms with Crippen LogP contribution >= 0.6 is 0 Å². The Morgan fingerprint density at radius 2 is 2.04 bits per heavy atom. The molecule has 1 atom stereocenters. The number of carbonyl (C=O) groups is 1. The Kier molecular flexibility index (Phi) is 4.88. The van der Waals surface area contributed by atoms with E-state index >= 15 is 0 Å². The molecule has 0 saturated heterocycles. The lowest BCUT2D eigenvalue weighted by atomic mass is 10.2. The number of nitrogens with one attached hydrogen (secondary N) is 1. The lowest BCUT2D eigenvalue weighted by molar-refractivity contribution is -0.121.